The van der Waals surface area contributed by atoms with Crippen LogP contribution in [-0.4, -0.2) is 42.2 Å². The van der Waals surface area contributed by atoms with Crippen molar-refractivity contribution in [3.05, 3.63) is 29.8 Å². The molecule has 0 saturated heterocycles. The highest BCUT2D eigenvalue weighted by Gasteiger charge is 2.12. The molecule has 4 nitrogen and oxygen atoms in total. The smallest absolute Gasteiger partial charge is 0.227 e. The Bertz CT molecular complexity index is 379. The van der Waals surface area contributed by atoms with E-state index in [1.807, 2.05) is 19.9 Å². The molecule has 100 valence electrons. The van der Waals surface area contributed by atoms with Gasteiger partial charge < -0.3 is 14.7 Å². The molecule has 1 aromatic carbocycles. The fraction of sp³-hybridized carbons (Fsp3) is 0.500. The summed E-state index contributed by atoms with van der Waals surface area (Å²) in [7, 11) is 0. The van der Waals surface area contributed by atoms with Crippen molar-refractivity contribution in [3.63, 3.8) is 0 Å². The zero-order valence-electron chi connectivity index (χ0n) is 11.1. The first-order valence-corrected chi connectivity index (χ1v) is 6.30. The average molecular weight is 251 g/mol. The Morgan fingerprint density at radius 2 is 2.17 bits per heavy atom. The molecule has 4 heteroatoms. The van der Waals surface area contributed by atoms with Gasteiger partial charge in [0.25, 0.3) is 0 Å². The van der Waals surface area contributed by atoms with Crippen LogP contribution in [0, 0.1) is 0 Å². The van der Waals surface area contributed by atoms with E-state index in [0.717, 1.165) is 5.56 Å². The molecule has 1 aromatic rings. The maximum Gasteiger partial charge on any atom is 0.227 e. The summed E-state index contributed by atoms with van der Waals surface area (Å²) in [6, 6.07) is 6.80. The molecule has 0 aliphatic carbocycles. The average Bonchev–Trinajstić information content (AvgIpc) is 2.34. The third kappa shape index (κ3) is 4.75. The first kappa shape index (κ1) is 14.5. The van der Waals surface area contributed by atoms with Gasteiger partial charge in [-0.3, -0.25) is 4.79 Å². The number of carbonyl (C=O) groups excluding carboxylic acids is 1. The summed E-state index contributed by atoms with van der Waals surface area (Å²) in [6.07, 6.45) is 0.314. The van der Waals surface area contributed by atoms with Gasteiger partial charge >= 0.3 is 0 Å². The maximum atomic E-state index is 12.0. The van der Waals surface area contributed by atoms with Gasteiger partial charge in [0.2, 0.25) is 5.91 Å². The monoisotopic (exact) mass is 251 g/mol. The van der Waals surface area contributed by atoms with Gasteiger partial charge in [0, 0.05) is 19.7 Å². The zero-order chi connectivity index (χ0) is 13.4. The van der Waals surface area contributed by atoms with Crippen LogP contribution in [0.5, 0.6) is 5.75 Å². The summed E-state index contributed by atoms with van der Waals surface area (Å²) < 4.78 is 5.25. The van der Waals surface area contributed by atoms with Gasteiger partial charge in [-0.2, -0.15) is 0 Å². The molecule has 0 aromatic heterocycles. The number of ether oxygens (including phenoxy) is 1. The van der Waals surface area contributed by atoms with E-state index in [1.165, 1.54) is 0 Å². The van der Waals surface area contributed by atoms with E-state index >= 15 is 0 Å². The molecule has 1 rings (SSSR count). The number of hydrogen-bond donors (Lipinski definition) is 1. The Labute approximate surface area is 108 Å². The van der Waals surface area contributed by atoms with Crippen LogP contribution in [0.1, 0.15) is 19.4 Å². The number of carbonyl (C=O) groups is 1. The van der Waals surface area contributed by atoms with E-state index in [-0.39, 0.29) is 11.7 Å². The minimum atomic E-state index is 0.0582. The van der Waals surface area contributed by atoms with Gasteiger partial charge in [-0.25, -0.2) is 0 Å². The van der Waals surface area contributed by atoms with E-state index in [2.05, 4.69) is 0 Å². The number of likely N-dealkylation sites (N-methyl/N-ethyl adjacent to an activating group) is 1. The van der Waals surface area contributed by atoms with Crippen molar-refractivity contribution in [2.75, 3.05) is 26.3 Å². The van der Waals surface area contributed by atoms with E-state index in [4.69, 9.17) is 4.74 Å². The van der Waals surface area contributed by atoms with Crippen LogP contribution in [0.2, 0.25) is 0 Å². The van der Waals surface area contributed by atoms with E-state index in [0.29, 0.717) is 32.7 Å². The highest BCUT2D eigenvalue weighted by Crippen LogP contribution is 2.12. The van der Waals surface area contributed by atoms with Crippen LogP contribution in [0.3, 0.4) is 0 Å². The summed E-state index contributed by atoms with van der Waals surface area (Å²) in [4.78, 5) is 13.8. The van der Waals surface area contributed by atoms with Crippen LogP contribution >= 0.6 is 0 Å². The Kier molecular flexibility index (Phi) is 6.22. The molecule has 0 saturated carbocycles. The number of benzene rings is 1. The largest absolute Gasteiger partial charge is 0.508 e. The summed E-state index contributed by atoms with van der Waals surface area (Å²) in [5.74, 6) is 0.250. The first-order chi connectivity index (χ1) is 8.67. The van der Waals surface area contributed by atoms with Gasteiger partial charge in [0.05, 0.1) is 13.0 Å². The van der Waals surface area contributed by atoms with Crippen LogP contribution in [0.4, 0.5) is 0 Å². The van der Waals surface area contributed by atoms with Gasteiger partial charge in [-0.1, -0.05) is 12.1 Å². The Morgan fingerprint density at radius 1 is 1.39 bits per heavy atom. The number of aromatic hydroxyl groups is 1. The van der Waals surface area contributed by atoms with Crippen LogP contribution in [0.25, 0.3) is 0 Å². The second-order valence-electron chi connectivity index (χ2n) is 4.02. The molecule has 0 fully saturated rings. The van der Waals surface area contributed by atoms with Crippen LogP contribution in [0.15, 0.2) is 24.3 Å². The lowest BCUT2D eigenvalue weighted by Crippen LogP contribution is -2.35. The highest BCUT2D eigenvalue weighted by molar-refractivity contribution is 5.78. The molecule has 0 aliphatic rings. The summed E-state index contributed by atoms with van der Waals surface area (Å²) >= 11 is 0. The standard InChI is InChI=1S/C14H21NO3/c1-3-15(8-9-18-4-2)14(17)11-12-6-5-7-13(16)10-12/h5-7,10,16H,3-4,8-9,11H2,1-2H3. The molecule has 18 heavy (non-hydrogen) atoms. The molecule has 0 aliphatic heterocycles. The second-order valence-corrected chi connectivity index (χ2v) is 4.02. The predicted octanol–water partition coefficient (Wildman–Crippen LogP) is 1.82. The van der Waals surface area contributed by atoms with Crippen molar-refractivity contribution >= 4 is 5.91 Å². The molecule has 1 N–H and O–H groups in total. The molecular weight excluding hydrogens is 230 g/mol. The highest BCUT2D eigenvalue weighted by atomic mass is 16.5. The zero-order valence-corrected chi connectivity index (χ0v) is 11.1. The van der Waals surface area contributed by atoms with E-state index < -0.39 is 0 Å². The number of rotatable bonds is 7. The third-order valence-electron chi connectivity index (χ3n) is 2.71. The van der Waals surface area contributed by atoms with Crippen molar-refractivity contribution < 1.29 is 14.6 Å². The van der Waals surface area contributed by atoms with Crippen molar-refractivity contribution in [2.45, 2.75) is 20.3 Å². The quantitative estimate of drug-likeness (QED) is 0.752. The number of nitrogens with zero attached hydrogens (tertiary/aromatic N) is 1. The van der Waals surface area contributed by atoms with Crippen molar-refractivity contribution in [3.8, 4) is 5.75 Å². The van der Waals surface area contributed by atoms with Gasteiger partial charge in [-0.05, 0) is 31.5 Å². The summed E-state index contributed by atoms with van der Waals surface area (Å²) in [5, 5.41) is 9.35. The fourth-order valence-electron chi connectivity index (χ4n) is 1.73. The van der Waals surface area contributed by atoms with E-state index in [1.54, 1.807) is 23.1 Å². The van der Waals surface area contributed by atoms with Crippen molar-refractivity contribution in [1.29, 1.82) is 0 Å². The van der Waals surface area contributed by atoms with Crippen LogP contribution < -0.4 is 0 Å². The molecule has 0 bridgehead atoms. The molecule has 0 spiro atoms. The topological polar surface area (TPSA) is 49.8 Å². The molecule has 1 amide bonds. The Morgan fingerprint density at radius 3 is 2.78 bits per heavy atom. The van der Waals surface area contributed by atoms with Crippen LogP contribution in [-0.2, 0) is 16.0 Å². The Balaban J connectivity index is 2.51. The molecule has 0 radical (unpaired) electrons. The minimum Gasteiger partial charge on any atom is -0.508 e. The van der Waals surface area contributed by atoms with Gasteiger partial charge in [-0.15, -0.1) is 0 Å². The van der Waals surface area contributed by atoms with E-state index in [9.17, 15) is 9.90 Å². The van der Waals surface area contributed by atoms with Gasteiger partial charge in [0.1, 0.15) is 5.75 Å². The first-order valence-electron chi connectivity index (χ1n) is 6.30. The number of hydrogen-bond acceptors (Lipinski definition) is 3. The molecule has 0 unspecified atom stereocenters. The number of phenolic OH excluding ortho intramolecular Hbond substituents is 1. The predicted molar refractivity (Wildman–Crippen MR) is 70.6 cm³/mol. The summed E-state index contributed by atoms with van der Waals surface area (Å²) in [6.45, 7) is 6.40. The molecular formula is C14H21NO3. The SMILES string of the molecule is CCOCCN(CC)C(=O)Cc1cccc(O)c1. The second kappa shape index (κ2) is 7.71. The third-order valence-corrected chi connectivity index (χ3v) is 2.71. The lowest BCUT2D eigenvalue weighted by molar-refractivity contribution is -0.131. The number of amides is 1. The summed E-state index contributed by atoms with van der Waals surface area (Å²) in [5.41, 5.74) is 0.829. The van der Waals surface area contributed by atoms with Crippen molar-refractivity contribution in [1.82, 2.24) is 4.90 Å². The molecule has 0 heterocycles. The normalized spacial score (nSPS) is 10.3. The molecule has 0 atom stereocenters. The number of phenols is 1. The lowest BCUT2D eigenvalue weighted by Gasteiger charge is -2.20. The van der Waals surface area contributed by atoms with Gasteiger partial charge in [0.15, 0.2) is 0 Å². The van der Waals surface area contributed by atoms with Crippen molar-refractivity contribution in [2.24, 2.45) is 0 Å². The lowest BCUT2D eigenvalue weighted by atomic mass is 10.1. The Hall–Kier alpha value is -1.55. The fourth-order valence-corrected chi connectivity index (χ4v) is 1.73. The maximum absolute atomic E-state index is 12.0. The minimum absolute atomic E-state index is 0.0582.